The third kappa shape index (κ3) is 5.94. The van der Waals surface area contributed by atoms with Crippen LogP contribution in [0.5, 0.6) is 0 Å². The molecule has 1 amide bonds. The summed E-state index contributed by atoms with van der Waals surface area (Å²) in [4.78, 5) is 16.4. The first kappa shape index (κ1) is 17.8. The van der Waals surface area contributed by atoms with Crippen LogP contribution in [0.2, 0.25) is 0 Å². The molecule has 21 heavy (non-hydrogen) atoms. The molecule has 0 saturated heterocycles. The molecule has 0 aromatic carbocycles. The van der Waals surface area contributed by atoms with Crippen LogP contribution in [0, 0.1) is 11.3 Å². The Kier molecular flexibility index (Phi) is 6.99. The maximum atomic E-state index is 11.8. The van der Waals surface area contributed by atoms with Gasteiger partial charge in [-0.05, 0) is 52.4 Å². The molecule has 5 heteroatoms. The van der Waals surface area contributed by atoms with Crippen molar-refractivity contribution < 1.29 is 4.79 Å². The zero-order chi connectivity index (χ0) is 15.9. The average Bonchev–Trinajstić information content (AvgIpc) is 2.46. The number of amides is 1. The van der Waals surface area contributed by atoms with Crippen molar-refractivity contribution in [3.63, 3.8) is 0 Å². The maximum Gasteiger partial charge on any atom is 0.227 e. The second kappa shape index (κ2) is 8.25. The summed E-state index contributed by atoms with van der Waals surface area (Å²) in [6, 6.07) is 0.502. The van der Waals surface area contributed by atoms with Crippen molar-refractivity contribution in [3.05, 3.63) is 0 Å². The first-order valence-electron chi connectivity index (χ1n) is 8.16. The highest BCUT2D eigenvalue weighted by Gasteiger charge is 2.26. The monoisotopic (exact) mass is 296 g/mol. The number of rotatable bonds is 5. The molecule has 3 N–H and O–H groups in total. The van der Waals surface area contributed by atoms with E-state index >= 15 is 0 Å². The highest BCUT2D eigenvalue weighted by atomic mass is 16.2. The van der Waals surface area contributed by atoms with E-state index in [1.165, 1.54) is 25.7 Å². The van der Waals surface area contributed by atoms with E-state index < -0.39 is 5.41 Å². The molecule has 1 saturated carbocycles. The van der Waals surface area contributed by atoms with Crippen molar-refractivity contribution in [2.24, 2.45) is 16.3 Å². The summed E-state index contributed by atoms with van der Waals surface area (Å²) in [6.07, 6.45) is 4.95. The second-order valence-electron chi connectivity index (χ2n) is 6.76. The van der Waals surface area contributed by atoms with E-state index in [0.29, 0.717) is 12.6 Å². The van der Waals surface area contributed by atoms with E-state index in [1.807, 2.05) is 13.8 Å². The minimum Gasteiger partial charge on any atom is -0.359 e. The molecule has 0 atom stereocenters. The zero-order valence-corrected chi connectivity index (χ0v) is 14.3. The van der Waals surface area contributed by atoms with Crippen LogP contribution in [0.15, 0.2) is 4.99 Å². The minimum atomic E-state index is -0.488. The molecule has 122 valence electrons. The van der Waals surface area contributed by atoms with Crippen LogP contribution in [-0.4, -0.2) is 38.0 Å². The maximum absolute atomic E-state index is 11.8. The molecule has 0 unspecified atom stereocenters. The lowest BCUT2D eigenvalue weighted by atomic mass is 9.87. The van der Waals surface area contributed by atoms with Crippen molar-refractivity contribution in [2.75, 3.05) is 20.1 Å². The molecule has 0 aliphatic heterocycles. The standard InChI is InChI=1S/C16H32N4O/c1-6-18-15(19-11-16(3,4)14(21)17-5)20-13-9-7-12(2)8-10-13/h12-13H,6-11H2,1-5H3,(H,17,21)(H2,18,19,20). The van der Waals surface area contributed by atoms with Gasteiger partial charge in [0.15, 0.2) is 5.96 Å². The highest BCUT2D eigenvalue weighted by molar-refractivity contribution is 5.83. The van der Waals surface area contributed by atoms with Gasteiger partial charge in [0.25, 0.3) is 0 Å². The first-order valence-corrected chi connectivity index (χ1v) is 8.16. The molecule has 0 aromatic heterocycles. The Morgan fingerprint density at radius 2 is 1.86 bits per heavy atom. The van der Waals surface area contributed by atoms with E-state index in [2.05, 4.69) is 34.8 Å². The van der Waals surface area contributed by atoms with Gasteiger partial charge < -0.3 is 16.0 Å². The number of carbonyl (C=O) groups is 1. The number of guanidine groups is 1. The molecular formula is C16H32N4O. The Hall–Kier alpha value is -1.26. The van der Waals surface area contributed by atoms with E-state index in [4.69, 9.17) is 0 Å². The van der Waals surface area contributed by atoms with Gasteiger partial charge in [-0.25, -0.2) is 0 Å². The fraction of sp³-hybridized carbons (Fsp3) is 0.875. The van der Waals surface area contributed by atoms with Crippen molar-refractivity contribution in [1.82, 2.24) is 16.0 Å². The number of hydrogen-bond acceptors (Lipinski definition) is 2. The summed E-state index contributed by atoms with van der Waals surface area (Å²) in [5, 5.41) is 9.49. The minimum absolute atomic E-state index is 0.0218. The Bertz CT molecular complexity index is 357. The van der Waals surface area contributed by atoms with Crippen molar-refractivity contribution in [1.29, 1.82) is 0 Å². The van der Waals surface area contributed by atoms with Gasteiger partial charge in [-0.15, -0.1) is 0 Å². The molecule has 1 fully saturated rings. The zero-order valence-electron chi connectivity index (χ0n) is 14.3. The number of aliphatic imine (C=N–C) groups is 1. The van der Waals surface area contributed by atoms with Gasteiger partial charge >= 0.3 is 0 Å². The van der Waals surface area contributed by atoms with Crippen LogP contribution in [-0.2, 0) is 4.79 Å². The summed E-state index contributed by atoms with van der Waals surface area (Å²) in [7, 11) is 1.67. The largest absolute Gasteiger partial charge is 0.359 e. The first-order chi connectivity index (χ1) is 9.89. The molecule has 0 spiro atoms. The van der Waals surface area contributed by atoms with Crippen LogP contribution in [0.1, 0.15) is 53.4 Å². The third-order valence-electron chi connectivity index (χ3n) is 4.18. The summed E-state index contributed by atoms with van der Waals surface area (Å²) >= 11 is 0. The van der Waals surface area contributed by atoms with Crippen LogP contribution in [0.4, 0.5) is 0 Å². The van der Waals surface area contributed by atoms with E-state index in [-0.39, 0.29) is 5.91 Å². The predicted octanol–water partition coefficient (Wildman–Crippen LogP) is 1.89. The molecule has 1 aliphatic rings. The van der Waals surface area contributed by atoms with Gasteiger partial charge in [0.2, 0.25) is 5.91 Å². The lowest BCUT2D eigenvalue weighted by Crippen LogP contribution is -2.45. The fourth-order valence-corrected chi connectivity index (χ4v) is 2.60. The van der Waals surface area contributed by atoms with Gasteiger partial charge in [0.1, 0.15) is 0 Å². The SMILES string of the molecule is CCNC(=NCC(C)(C)C(=O)NC)NC1CCC(C)CC1. The lowest BCUT2D eigenvalue weighted by Gasteiger charge is -2.29. The third-order valence-corrected chi connectivity index (χ3v) is 4.18. The van der Waals surface area contributed by atoms with Crippen LogP contribution in [0.25, 0.3) is 0 Å². The smallest absolute Gasteiger partial charge is 0.227 e. The molecular weight excluding hydrogens is 264 g/mol. The number of hydrogen-bond donors (Lipinski definition) is 3. The molecule has 1 rings (SSSR count). The Morgan fingerprint density at radius 1 is 1.24 bits per heavy atom. The second-order valence-corrected chi connectivity index (χ2v) is 6.76. The summed E-state index contributed by atoms with van der Waals surface area (Å²) < 4.78 is 0. The van der Waals surface area contributed by atoms with Gasteiger partial charge in [-0.3, -0.25) is 9.79 Å². The van der Waals surface area contributed by atoms with Crippen molar-refractivity contribution in [3.8, 4) is 0 Å². The predicted molar refractivity (Wildman–Crippen MR) is 88.4 cm³/mol. The van der Waals surface area contributed by atoms with Crippen LogP contribution >= 0.6 is 0 Å². The Labute approximate surface area is 129 Å². The van der Waals surface area contributed by atoms with Gasteiger partial charge in [-0.1, -0.05) is 6.92 Å². The molecule has 1 aliphatic carbocycles. The number of carbonyl (C=O) groups excluding carboxylic acids is 1. The van der Waals surface area contributed by atoms with E-state index in [9.17, 15) is 4.79 Å². The fourth-order valence-electron chi connectivity index (χ4n) is 2.60. The van der Waals surface area contributed by atoms with E-state index in [1.54, 1.807) is 7.05 Å². The van der Waals surface area contributed by atoms with Crippen molar-refractivity contribution in [2.45, 2.75) is 59.4 Å². The quantitative estimate of drug-likeness (QED) is 0.536. The summed E-state index contributed by atoms with van der Waals surface area (Å²) in [5.41, 5.74) is -0.488. The van der Waals surface area contributed by atoms with Crippen LogP contribution < -0.4 is 16.0 Å². The topological polar surface area (TPSA) is 65.5 Å². The molecule has 5 nitrogen and oxygen atoms in total. The Morgan fingerprint density at radius 3 is 2.38 bits per heavy atom. The Balaban J connectivity index is 2.59. The number of nitrogens with one attached hydrogen (secondary N) is 3. The molecule has 0 radical (unpaired) electrons. The van der Waals surface area contributed by atoms with Crippen molar-refractivity contribution >= 4 is 11.9 Å². The van der Waals surface area contributed by atoms with Crippen LogP contribution in [0.3, 0.4) is 0 Å². The normalized spacial score (nSPS) is 23.6. The average molecular weight is 296 g/mol. The summed E-state index contributed by atoms with van der Waals surface area (Å²) in [6.45, 7) is 9.52. The molecule has 0 heterocycles. The molecule has 0 aromatic rings. The van der Waals surface area contributed by atoms with Gasteiger partial charge in [0, 0.05) is 19.6 Å². The highest BCUT2D eigenvalue weighted by Crippen LogP contribution is 2.23. The van der Waals surface area contributed by atoms with E-state index in [0.717, 1.165) is 18.4 Å². The van der Waals surface area contributed by atoms with Gasteiger partial charge in [-0.2, -0.15) is 0 Å². The van der Waals surface area contributed by atoms with Gasteiger partial charge in [0.05, 0.1) is 12.0 Å². The number of nitrogens with zero attached hydrogens (tertiary/aromatic N) is 1. The molecule has 0 bridgehead atoms. The lowest BCUT2D eigenvalue weighted by molar-refractivity contribution is -0.128. The summed E-state index contributed by atoms with van der Waals surface area (Å²) in [5.74, 6) is 1.69.